The molecular weight excluding hydrogens is 223 g/mol. The molecule has 0 bridgehead atoms. The Hall–Kier alpha value is -1.48. The summed E-state index contributed by atoms with van der Waals surface area (Å²) in [5, 5.41) is 1.94. The molecule has 1 aromatic carbocycles. The van der Waals surface area contributed by atoms with Gasteiger partial charge >= 0.3 is 0 Å². The second-order valence-corrected chi connectivity index (χ2v) is 4.67. The van der Waals surface area contributed by atoms with Gasteiger partial charge in [-0.15, -0.1) is 11.3 Å². The Labute approximate surface area is 97.6 Å². The second-order valence-electron chi connectivity index (χ2n) is 3.64. The molecule has 0 aliphatic rings. The van der Waals surface area contributed by atoms with Crippen molar-refractivity contribution in [2.75, 3.05) is 0 Å². The minimum absolute atomic E-state index is 0.0416. The van der Waals surface area contributed by atoms with Crippen LogP contribution < -0.4 is 0 Å². The van der Waals surface area contributed by atoms with Gasteiger partial charge in [0, 0.05) is 16.9 Å². The third-order valence-corrected chi connectivity index (χ3v) is 3.28. The Kier molecular flexibility index (Phi) is 3.15. The van der Waals surface area contributed by atoms with Gasteiger partial charge in [0.25, 0.3) is 0 Å². The standard InChI is InChI=1S/C13H11FOS/c1-9-7-10(14)4-5-12(9)13(15)8-11-3-2-6-16-11/h2-7H,8H2,1H3. The fourth-order valence-corrected chi connectivity index (χ4v) is 2.31. The van der Waals surface area contributed by atoms with Crippen molar-refractivity contribution in [2.45, 2.75) is 13.3 Å². The molecule has 1 aromatic heterocycles. The van der Waals surface area contributed by atoms with Crippen LogP contribution in [0.25, 0.3) is 0 Å². The first kappa shape index (κ1) is 11.0. The topological polar surface area (TPSA) is 17.1 Å². The van der Waals surface area contributed by atoms with Crippen LogP contribution in [0.4, 0.5) is 4.39 Å². The number of hydrogen-bond donors (Lipinski definition) is 0. The Morgan fingerprint density at radius 2 is 2.19 bits per heavy atom. The molecule has 0 saturated carbocycles. The van der Waals surface area contributed by atoms with Crippen molar-refractivity contribution in [3.8, 4) is 0 Å². The average Bonchev–Trinajstić information content (AvgIpc) is 2.70. The SMILES string of the molecule is Cc1cc(F)ccc1C(=O)Cc1cccs1. The van der Waals surface area contributed by atoms with Crippen molar-refractivity contribution in [1.82, 2.24) is 0 Å². The zero-order chi connectivity index (χ0) is 11.5. The molecule has 0 radical (unpaired) electrons. The van der Waals surface area contributed by atoms with Gasteiger partial charge in [0.1, 0.15) is 5.82 Å². The number of aryl methyl sites for hydroxylation is 1. The fourth-order valence-electron chi connectivity index (χ4n) is 1.61. The number of carbonyl (C=O) groups excluding carboxylic acids is 1. The Morgan fingerprint density at radius 1 is 1.38 bits per heavy atom. The van der Waals surface area contributed by atoms with Crippen LogP contribution in [0.15, 0.2) is 35.7 Å². The van der Waals surface area contributed by atoms with Gasteiger partial charge in [-0.05, 0) is 42.1 Å². The zero-order valence-corrected chi connectivity index (χ0v) is 9.68. The molecule has 2 rings (SSSR count). The summed E-state index contributed by atoms with van der Waals surface area (Å²) in [6, 6.07) is 8.13. The van der Waals surface area contributed by atoms with Crippen LogP contribution in [-0.4, -0.2) is 5.78 Å². The number of halogens is 1. The summed E-state index contributed by atoms with van der Waals surface area (Å²) in [4.78, 5) is 13.0. The number of benzene rings is 1. The van der Waals surface area contributed by atoms with Crippen LogP contribution in [-0.2, 0) is 6.42 Å². The van der Waals surface area contributed by atoms with E-state index in [-0.39, 0.29) is 11.6 Å². The van der Waals surface area contributed by atoms with Crippen LogP contribution in [0.2, 0.25) is 0 Å². The highest BCUT2D eigenvalue weighted by Crippen LogP contribution is 2.16. The van der Waals surface area contributed by atoms with Gasteiger partial charge in [0.05, 0.1) is 0 Å². The molecule has 0 aliphatic carbocycles. The molecule has 2 aromatic rings. The van der Waals surface area contributed by atoms with Crippen LogP contribution >= 0.6 is 11.3 Å². The highest BCUT2D eigenvalue weighted by Gasteiger charge is 2.10. The van der Waals surface area contributed by atoms with Gasteiger partial charge in [0.15, 0.2) is 5.78 Å². The Morgan fingerprint density at radius 3 is 2.81 bits per heavy atom. The van der Waals surface area contributed by atoms with Crippen molar-refractivity contribution >= 4 is 17.1 Å². The summed E-state index contributed by atoms with van der Waals surface area (Å²) in [5.74, 6) is -0.259. The molecule has 3 heteroatoms. The summed E-state index contributed by atoms with van der Waals surface area (Å²) in [7, 11) is 0. The average molecular weight is 234 g/mol. The maximum absolute atomic E-state index is 12.9. The van der Waals surface area contributed by atoms with Crippen molar-refractivity contribution in [2.24, 2.45) is 0 Å². The lowest BCUT2D eigenvalue weighted by Gasteiger charge is -2.03. The Balaban J connectivity index is 2.21. The summed E-state index contributed by atoms with van der Waals surface area (Å²) >= 11 is 1.56. The highest BCUT2D eigenvalue weighted by molar-refractivity contribution is 7.10. The van der Waals surface area contributed by atoms with E-state index in [1.807, 2.05) is 17.5 Å². The second kappa shape index (κ2) is 4.58. The first-order valence-electron chi connectivity index (χ1n) is 4.98. The molecule has 0 saturated heterocycles. The number of ketones is 1. The predicted octanol–water partition coefficient (Wildman–Crippen LogP) is 3.62. The molecule has 1 nitrogen and oxygen atoms in total. The van der Waals surface area contributed by atoms with Crippen molar-refractivity contribution in [1.29, 1.82) is 0 Å². The summed E-state index contributed by atoms with van der Waals surface area (Å²) in [6.45, 7) is 1.75. The normalized spacial score (nSPS) is 10.4. The molecule has 0 amide bonds. The van der Waals surface area contributed by atoms with Crippen LogP contribution in [0.1, 0.15) is 20.8 Å². The smallest absolute Gasteiger partial charge is 0.168 e. The van der Waals surface area contributed by atoms with E-state index in [1.165, 1.54) is 12.1 Å². The van der Waals surface area contributed by atoms with Crippen LogP contribution in [0.5, 0.6) is 0 Å². The van der Waals surface area contributed by atoms with Gasteiger partial charge in [-0.1, -0.05) is 6.07 Å². The van der Waals surface area contributed by atoms with Crippen molar-refractivity contribution < 1.29 is 9.18 Å². The van der Waals surface area contributed by atoms with E-state index in [0.29, 0.717) is 17.5 Å². The summed E-state index contributed by atoms with van der Waals surface area (Å²) in [5.41, 5.74) is 1.30. The molecule has 0 atom stereocenters. The van der Waals surface area contributed by atoms with Crippen molar-refractivity contribution in [3.63, 3.8) is 0 Å². The van der Waals surface area contributed by atoms with Crippen molar-refractivity contribution in [3.05, 3.63) is 57.5 Å². The Bertz CT molecular complexity index is 503. The van der Waals surface area contributed by atoms with E-state index in [1.54, 1.807) is 24.3 Å². The molecule has 1 heterocycles. The molecule has 0 aliphatic heterocycles. The largest absolute Gasteiger partial charge is 0.294 e. The fraction of sp³-hybridized carbons (Fsp3) is 0.154. The molecule has 0 spiro atoms. The van der Waals surface area contributed by atoms with E-state index in [0.717, 1.165) is 4.88 Å². The first-order valence-corrected chi connectivity index (χ1v) is 5.86. The molecule has 0 N–H and O–H groups in total. The quantitative estimate of drug-likeness (QED) is 0.741. The molecule has 0 unspecified atom stereocenters. The number of thiophene rings is 1. The van der Waals surface area contributed by atoms with Gasteiger partial charge in [-0.2, -0.15) is 0 Å². The maximum atomic E-state index is 12.9. The van der Waals surface area contributed by atoms with E-state index in [2.05, 4.69) is 0 Å². The van der Waals surface area contributed by atoms with Gasteiger partial charge in [-0.25, -0.2) is 4.39 Å². The van der Waals surface area contributed by atoms with Gasteiger partial charge in [-0.3, -0.25) is 4.79 Å². The number of Topliss-reactive ketones (excluding diaryl/α,β-unsaturated/α-hetero) is 1. The minimum atomic E-state index is -0.301. The molecule has 82 valence electrons. The lowest BCUT2D eigenvalue weighted by atomic mass is 10.0. The predicted molar refractivity (Wildman–Crippen MR) is 63.5 cm³/mol. The van der Waals surface area contributed by atoms with E-state index >= 15 is 0 Å². The number of hydrogen-bond acceptors (Lipinski definition) is 2. The lowest BCUT2D eigenvalue weighted by molar-refractivity contribution is 0.0993. The van der Waals surface area contributed by atoms with Gasteiger partial charge in [0.2, 0.25) is 0 Å². The maximum Gasteiger partial charge on any atom is 0.168 e. The molecule has 16 heavy (non-hydrogen) atoms. The lowest BCUT2D eigenvalue weighted by Crippen LogP contribution is -2.04. The first-order chi connectivity index (χ1) is 7.66. The van der Waals surface area contributed by atoms with Crippen LogP contribution in [0, 0.1) is 12.7 Å². The highest BCUT2D eigenvalue weighted by atomic mass is 32.1. The molecular formula is C13H11FOS. The van der Waals surface area contributed by atoms with E-state index in [4.69, 9.17) is 0 Å². The number of carbonyl (C=O) groups is 1. The number of rotatable bonds is 3. The molecule has 0 fully saturated rings. The van der Waals surface area contributed by atoms with Crippen LogP contribution in [0.3, 0.4) is 0 Å². The zero-order valence-electron chi connectivity index (χ0n) is 8.87. The minimum Gasteiger partial charge on any atom is -0.294 e. The summed E-state index contributed by atoms with van der Waals surface area (Å²) in [6.07, 6.45) is 0.393. The summed E-state index contributed by atoms with van der Waals surface area (Å²) < 4.78 is 12.9. The monoisotopic (exact) mass is 234 g/mol. The van der Waals surface area contributed by atoms with E-state index < -0.39 is 0 Å². The van der Waals surface area contributed by atoms with E-state index in [9.17, 15) is 9.18 Å². The third kappa shape index (κ3) is 2.36. The third-order valence-electron chi connectivity index (χ3n) is 2.40. The van der Waals surface area contributed by atoms with Gasteiger partial charge < -0.3 is 0 Å².